The molecule has 0 spiro atoms. The fourth-order valence-corrected chi connectivity index (χ4v) is 14.4. The average Bonchev–Trinajstić information content (AvgIpc) is 1.62. The van der Waals surface area contributed by atoms with Crippen LogP contribution in [0.2, 0.25) is 0 Å². The molecule has 0 radical (unpaired) electrons. The van der Waals surface area contributed by atoms with E-state index in [1.54, 1.807) is 32.6 Å². The number of nitrogens with zero attached hydrogens (tertiary/aromatic N) is 9. The summed E-state index contributed by atoms with van der Waals surface area (Å²) in [6, 6.07) is -2.95. The Hall–Kier alpha value is -8.80. The van der Waals surface area contributed by atoms with Gasteiger partial charge in [0.2, 0.25) is 29.9 Å². The molecule has 9 rings (SSSR count). The molecule has 6 aliphatic rings. The van der Waals surface area contributed by atoms with E-state index >= 15 is 0 Å². The quantitative estimate of drug-likeness (QED) is 0.0154. The van der Waals surface area contributed by atoms with Gasteiger partial charge in [-0.2, -0.15) is 9.78 Å². The number of ether oxygens (including phenoxy) is 26. The highest BCUT2D eigenvalue weighted by Crippen LogP contribution is 2.44. The van der Waals surface area contributed by atoms with Gasteiger partial charge in [0.15, 0.2) is 60.4 Å². The summed E-state index contributed by atoms with van der Waals surface area (Å²) in [5.41, 5.74) is -2.62. The molecule has 9 heterocycles. The third-order valence-corrected chi connectivity index (χ3v) is 19.8. The van der Waals surface area contributed by atoms with Crippen molar-refractivity contribution in [3.05, 3.63) is 35.7 Å². The second-order valence-corrected chi connectivity index (χ2v) is 30.9. The van der Waals surface area contributed by atoms with Crippen LogP contribution in [-0.2, 0) is 220 Å². The summed E-state index contributed by atoms with van der Waals surface area (Å²) in [6.45, 7) is 15.0. The molecule has 3 aromatic heterocycles. The van der Waals surface area contributed by atoms with Crippen LogP contribution in [0.3, 0.4) is 0 Å². The van der Waals surface area contributed by atoms with Crippen molar-refractivity contribution in [1.29, 1.82) is 0 Å². The Morgan fingerprint density at radius 1 is 0.389 bits per heavy atom. The number of rotatable bonds is 67. The van der Waals surface area contributed by atoms with Crippen LogP contribution in [0.1, 0.15) is 92.2 Å². The molecule has 0 aromatic carbocycles. The summed E-state index contributed by atoms with van der Waals surface area (Å²) in [6.07, 6.45) is -5.11. The molecule has 52 heteroatoms. The van der Waals surface area contributed by atoms with Crippen molar-refractivity contribution >= 4 is 59.4 Å². The Bertz CT molecular complexity index is 3640. The number of hydrogen-bond acceptors (Lipinski definition) is 45. The molecule has 6 aliphatic heterocycles. The molecule has 6 fully saturated rings. The van der Waals surface area contributed by atoms with Gasteiger partial charge in [-0.25, -0.2) is 14.0 Å². The lowest BCUT2D eigenvalue weighted by Gasteiger charge is -2.45. The first kappa shape index (κ1) is 106. The van der Waals surface area contributed by atoms with E-state index in [1.807, 2.05) is 0 Å². The highest BCUT2D eigenvalue weighted by molar-refractivity contribution is 5.77. The SMILES string of the molecule is CC(=O)N[C@H]1[C@H]2OC[C@](COCCOCCOCCOCCn3cc(COCC(COCc4cn(CCOCCOCCOCCOC[C@@]56CO[C@@H](O5)[C@H](NC(C)=O)[C@@H](OC(C)=O)[C@H]6OC(C)=O)nn4)(COCc4cn(CCOCCOCCOCCOC[C@@]56OO[C@@H](O5)[C@H](NC(C)=O)[C@@H](OC(C)=O)[C@H]6OC(C)=O)nn4)NC(=O)CCCO)nn3)(O2)[C@H](OC(C)=O)[C@@H]1OC(C)=O. The number of nitrogens with one attached hydrogen (secondary N) is 4. The zero-order valence-corrected chi connectivity index (χ0v) is 75.0. The van der Waals surface area contributed by atoms with E-state index in [1.165, 1.54) is 48.5 Å². The van der Waals surface area contributed by atoms with E-state index in [9.17, 15) is 53.1 Å². The van der Waals surface area contributed by atoms with Gasteiger partial charge in [-0.1, -0.05) is 15.6 Å². The van der Waals surface area contributed by atoms with Crippen molar-refractivity contribution in [2.24, 2.45) is 0 Å². The minimum atomic E-state index is -1.82. The van der Waals surface area contributed by atoms with E-state index in [0.29, 0.717) is 36.7 Å². The average molecular weight is 1880 g/mol. The third kappa shape index (κ3) is 34.9. The zero-order chi connectivity index (χ0) is 94.0. The highest BCUT2D eigenvalue weighted by Gasteiger charge is 2.67. The number of fused-ring (bicyclic) bond motifs is 6. The smallest absolute Gasteiger partial charge is 0.303 e. The third-order valence-electron chi connectivity index (χ3n) is 19.8. The first-order valence-corrected chi connectivity index (χ1v) is 42.8. The van der Waals surface area contributed by atoms with Crippen LogP contribution < -0.4 is 21.3 Å². The van der Waals surface area contributed by atoms with Gasteiger partial charge in [-0.15, -0.1) is 15.3 Å². The Balaban J connectivity index is 0.677. The molecule has 0 unspecified atom stereocenters. The van der Waals surface area contributed by atoms with Gasteiger partial charge in [0.1, 0.15) is 47.4 Å². The largest absolute Gasteiger partial charge is 0.456 e. The minimum absolute atomic E-state index is 0.0306. The van der Waals surface area contributed by atoms with Gasteiger partial charge in [0.25, 0.3) is 5.79 Å². The number of hydrogen-bond donors (Lipinski definition) is 5. The van der Waals surface area contributed by atoms with E-state index in [-0.39, 0.29) is 231 Å². The second kappa shape index (κ2) is 55.1. The lowest BCUT2D eigenvalue weighted by molar-refractivity contribution is -0.359. The molecule has 3 aromatic rings. The van der Waals surface area contributed by atoms with Crippen molar-refractivity contribution in [1.82, 2.24) is 66.2 Å². The molecular formula is C79H123N13O39. The molecular weight excluding hydrogens is 1750 g/mol. The molecule has 0 aliphatic carbocycles. The molecule has 5 N–H and O–H groups in total. The van der Waals surface area contributed by atoms with Crippen molar-refractivity contribution in [3.63, 3.8) is 0 Å². The number of aliphatic hydroxyl groups excluding tert-OH is 1. The number of esters is 6. The number of aliphatic hydroxyl groups is 1. The molecule has 738 valence electrons. The number of amides is 4. The fourth-order valence-electron chi connectivity index (χ4n) is 14.4. The zero-order valence-electron chi connectivity index (χ0n) is 75.0. The maximum atomic E-state index is 13.7. The van der Waals surface area contributed by atoms with Gasteiger partial charge < -0.3 is 150 Å². The van der Waals surface area contributed by atoms with Crippen LogP contribution in [0.4, 0.5) is 0 Å². The topological polar surface area (TPSA) is 590 Å². The second-order valence-electron chi connectivity index (χ2n) is 30.9. The molecule has 6 bridgehead atoms. The Kier molecular flexibility index (Phi) is 44.6. The van der Waals surface area contributed by atoms with E-state index in [0.717, 1.165) is 13.8 Å². The van der Waals surface area contributed by atoms with Crippen molar-refractivity contribution in [3.8, 4) is 0 Å². The lowest BCUT2D eigenvalue weighted by atomic mass is 9.87. The molecule has 131 heavy (non-hydrogen) atoms. The van der Waals surface area contributed by atoms with Crippen molar-refractivity contribution in [2.75, 3.05) is 198 Å². The molecule has 0 saturated carbocycles. The number of carbonyl (C=O) groups excluding carboxylic acids is 10. The Morgan fingerprint density at radius 2 is 0.695 bits per heavy atom. The van der Waals surface area contributed by atoms with Crippen LogP contribution >= 0.6 is 0 Å². The summed E-state index contributed by atoms with van der Waals surface area (Å²) in [4.78, 5) is 133. The fraction of sp³-hybridized carbons (Fsp3) is 0.797. The van der Waals surface area contributed by atoms with Crippen LogP contribution in [0.5, 0.6) is 0 Å². The van der Waals surface area contributed by atoms with Gasteiger partial charge in [0, 0.05) is 75.3 Å². The van der Waals surface area contributed by atoms with Crippen LogP contribution in [0, 0.1) is 0 Å². The number of aromatic nitrogens is 9. The monoisotopic (exact) mass is 1880 g/mol. The highest BCUT2D eigenvalue weighted by atomic mass is 17.3. The van der Waals surface area contributed by atoms with Gasteiger partial charge in [-0.3, -0.25) is 47.9 Å². The van der Waals surface area contributed by atoms with Crippen LogP contribution in [0.15, 0.2) is 18.6 Å². The Labute approximate surface area is 753 Å². The Morgan fingerprint density at radius 3 is 1.02 bits per heavy atom. The summed E-state index contributed by atoms with van der Waals surface area (Å²) in [7, 11) is 0. The van der Waals surface area contributed by atoms with E-state index in [2.05, 4.69) is 52.2 Å². The molecule has 6 saturated heterocycles. The summed E-state index contributed by atoms with van der Waals surface area (Å²) in [5, 5.41) is 46.2. The van der Waals surface area contributed by atoms with Gasteiger partial charge in [-0.05, 0) is 6.42 Å². The lowest BCUT2D eigenvalue weighted by Crippen LogP contribution is -2.68. The number of carbonyl (C=O) groups is 10. The van der Waals surface area contributed by atoms with E-state index < -0.39 is 156 Å². The van der Waals surface area contributed by atoms with Gasteiger partial charge in [0.05, 0.1) is 243 Å². The van der Waals surface area contributed by atoms with Crippen molar-refractivity contribution < 1.29 is 186 Å². The van der Waals surface area contributed by atoms with E-state index in [4.69, 9.17) is 133 Å². The maximum absolute atomic E-state index is 13.7. The first-order valence-electron chi connectivity index (χ1n) is 42.8. The standard InChI is InChI=1S/C79H123N13O39/c1-51(94)80-64-67(121-54(4)97)70(124-57(7)100)77(48-119-73(64)127-77)46-113-34-31-110-28-25-107-22-19-104-16-12-90-37-60(84-87-90)40-116-43-76(83-63(103)11-10-15-93,44-117-41-61-38-91(88-85-61)13-17-105-20-23-108-26-29-111-32-35-114-47-78-49-120-74(128-78)65(81-52(2)95)68(122-55(5)98)71(78)125-58(8)101)45-118-42-62-39-92(89-86-62)14-18-106-21-24-109-27-30-112-33-36-115-50-79-72(126-59(9)102)69(123-56(6)99)66(82-53(3)96)75(129-79)130-131-79/h37-39,64-75,93H,10-36,40-50H2,1-9H3,(H,80,94)(H,81,95)(H,82,96)(H,83,103)/t64-,65-,66-,67-,68-,69-,70-,71-,72-,73+,74+,75-,77+,78+,79+/m1/s1. The summed E-state index contributed by atoms with van der Waals surface area (Å²) in [5.74, 6) is -7.67. The van der Waals surface area contributed by atoms with Crippen LogP contribution in [0.25, 0.3) is 0 Å². The summed E-state index contributed by atoms with van der Waals surface area (Å²) < 4.78 is 155. The van der Waals surface area contributed by atoms with Gasteiger partial charge >= 0.3 is 35.8 Å². The summed E-state index contributed by atoms with van der Waals surface area (Å²) >= 11 is 0. The predicted octanol–water partition coefficient (Wildman–Crippen LogP) is -4.39. The van der Waals surface area contributed by atoms with Crippen molar-refractivity contribution in [2.45, 2.75) is 211 Å². The van der Waals surface area contributed by atoms with Crippen LogP contribution in [-0.4, -0.2) is 404 Å². The molecule has 15 atom stereocenters. The normalized spacial score (nSPS) is 25.1. The minimum Gasteiger partial charge on any atom is -0.456 e. The predicted molar refractivity (Wildman–Crippen MR) is 429 cm³/mol. The molecule has 52 nitrogen and oxygen atoms in total. The maximum Gasteiger partial charge on any atom is 0.303 e. The molecule has 4 amide bonds. The first-order chi connectivity index (χ1) is 63.1.